The van der Waals surface area contributed by atoms with E-state index < -0.39 is 76.6 Å². The summed E-state index contributed by atoms with van der Waals surface area (Å²) in [5.41, 5.74) is 0.106. The summed E-state index contributed by atoms with van der Waals surface area (Å²) in [5, 5.41) is 8.32. The molecule has 0 saturated heterocycles. The number of rotatable bonds is 22. The molecule has 0 aromatic heterocycles. The van der Waals surface area contributed by atoms with E-state index in [9.17, 15) is 36.7 Å². The van der Waals surface area contributed by atoms with Gasteiger partial charge in [0, 0.05) is 18.8 Å². The van der Waals surface area contributed by atoms with Crippen LogP contribution in [0.3, 0.4) is 0 Å². The Morgan fingerprint density at radius 2 is 1.30 bits per heavy atom. The molecule has 0 aliphatic carbocycles. The van der Waals surface area contributed by atoms with Gasteiger partial charge < -0.3 is 25.4 Å². The number of ketones is 3. The van der Waals surface area contributed by atoms with Gasteiger partial charge in [-0.05, 0) is 64.0 Å². The van der Waals surface area contributed by atoms with Gasteiger partial charge in [0.1, 0.15) is 13.2 Å². The minimum absolute atomic E-state index is 0.0391. The van der Waals surface area contributed by atoms with Crippen molar-refractivity contribution in [2.24, 2.45) is 5.92 Å². The average Bonchev–Trinajstić information content (AvgIpc) is 3.11. The van der Waals surface area contributed by atoms with Gasteiger partial charge in [0.05, 0.1) is 11.6 Å². The number of ether oxygens (including phenoxy) is 2. The Balaban J connectivity index is 1.77. The van der Waals surface area contributed by atoms with Crippen LogP contribution in [0.2, 0.25) is 0 Å². The molecule has 270 valence electrons. The lowest BCUT2D eigenvalue weighted by atomic mass is 9.88. The van der Waals surface area contributed by atoms with Gasteiger partial charge in [-0.25, -0.2) is 13.6 Å². The van der Waals surface area contributed by atoms with E-state index in [1.807, 2.05) is 6.07 Å². The first-order chi connectivity index (χ1) is 24.1. The summed E-state index contributed by atoms with van der Waals surface area (Å²) in [6.07, 6.45) is -0.0109. The molecule has 9 nitrogen and oxygen atoms in total. The third kappa shape index (κ3) is 12.1. The summed E-state index contributed by atoms with van der Waals surface area (Å²) >= 11 is 0. The van der Waals surface area contributed by atoms with Crippen molar-refractivity contribution < 1.29 is 46.2 Å². The van der Waals surface area contributed by atoms with Crippen molar-refractivity contribution in [2.45, 2.75) is 57.6 Å². The highest BCUT2D eigenvalue weighted by molar-refractivity contribution is 5.97. The number of hydrogen-bond acceptors (Lipinski definition) is 8. The Kier molecular flexibility index (Phi) is 16.6. The van der Waals surface area contributed by atoms with E-state index in [1.54, 1.807) is 68.7 Å². The van der Waals surface area contributed by atoms with Crippen LogP contribution in [0.5, 0.6) is 5.75 Å². The summed E-state index contributed by atoms with van der Waals surface area (Å²) in [6, 6.07) is 16.7. The van der Waals surface area contributed by atoms with Crippen LogP contribution in [0.25, 0.3) is 0 Å². The fraction of sp³-hybridized carbons (Fsp3) is 0.405. The third-order valence-electron chi connectivity index (χ3n) is 8.00. The minimum atomic E-state index is -1.95. The van der Waals surface area contributed by atoms with Crippen LogP contribution in [0.4, 0.5) is 22.4 Å². The van der Waals surface area contributed by atoms with E-state index in [0.717, 1.165) is 11.1 Å². The molecule has 0 spiro atoms. The topological polar surface area (TPSA) is 123 Å². The number of nitrogens with one attached hydrogen (secondary N) is 3. The maximum Gasteiger partial charge on any atom is 0.408 e. The van der Waals surface area contributed by atoms with Crippen molar-refractivity contribution in [3.8, 4) is 5.75 Å². The van der Waals surface area contributed by atoms with E-state index >= 15 is 0 Å². The molecule has 0 saturated carbocycles. The third-order valence-corrected chi connectivity index (χ3v) is 8.00. The monoisotopic (exact) mass is 701 g/mol. The Morgan fingerprint density at radius 1 is 0.720 bits per heavy atom. The van der Waals surface area contributed by atoms with Crippen LogP contribution in [0.15, 0.2) is 60.7 Å². The van der Waals surface area contributed by atoms with Crippen LogP contribution in [0, 0.1) is 29.2 Å². The van der Waals surface area contributed by atoms with Crippen LogP contribution in [-0.4, -0.2) is 63.3 Å². The summed E-state index contributed by atoms with van der Waals surface area (Å²) in [6.45, 7) is -0.0975. The lowest BCUT2D eigenvalue weighted by molar-refractivity contribution is -0.130. The second-order valence-electron chi connectivity index (χ2n) is 11.8. The first-order valence-electron chi connectivity index (χ1n) is 16.4. The molecule has 3 aromatic rings. The summed E-state index contributed by atoms with van der Waals surface area (Å²) in [4.78, 5) is 52.2. The van der Waals surface area contributed by atoms with Crippen molar-refractivity contribution in [1.82, 2.24) is 16.0 Å². The van der Waals surface area contributed by atoms with Gasteiger partial charge in [0.15, 0.2) is 34.7 Å². The molecule has 0 fully saturated rings. The van der Waals surface area contributed by atoms with Crippen molar-refractivity contribution in [3.63, 3.8) is 0 Å². The fourth-order valence-electron chi connectivity index (χ4n) is 5.25. The smallest absolute Gasteiger partial charge is 0.408 e. The van der Waals surface area contributed by atoms with Crippen LogP contribution in [0.1, 0.15) is 60.0 Å². The van der Waals surface area contributed by atoms with Gasteiger partial charge in [-0.15, -0.1) is 0 Å². The van der Waals surface area contributed by atoms with Gasteiger partial charge in [-0.2, -0.15) is 8.78 Å². The molecule has 1 amide bonds. The highest BCUT2D eigenvalue weighted by Crippen LogP contribution is 2.31. The summed E-state index contributed by atoms with van der Waals surface area (Å²) in [5.74, 6) is -12.6. The van der Waals surface area contributed by atoms with E-state index in [-0.39, 0.29) is 38.7 Å². The van der Waals surface area contributed by atoms with Gasteiger partial charge >= 0.3 is 6.09 Å². The first kappa shape index (κ1) is 39.8. The zero-order valence-corrected chi connectivity index (χ0v) is 28.2. The molecule has 2 atom stereocenters. The molecule has 0 aliphatic rings. The molecule has 0 heterocycles. The maximum atomic E-state index is 14.9. The number of benzene rings is 3. The molecular weight excluding hydrogens is 658 g/mol. The highest BCUT2D eigenvalue weighted by Gasteiger charge is 2.32. The molecule has 0 aliphatic heterocycles. The number of alkyl carbamates (subject to hydrolysis) is 1. The van der Waals surface area contributed by atoms with Crippen molar-refractivity contribution >= 4 is 23.4 Å². The molecule has 3 rings (SSSR count). The Bertz CT molecular complexity index is 1550. The molecule has 13 heteroatoms. The molecule has 0 bridgehead atoms. The number of halogens is 4. The van der Waals surface area contributed by atoms with Gasteiger partial charge in [-0.1, -0.05) is 67.1 Å². The normalized spacial score (nSPS) is 12.2. The minimum Gasteiger partial charge on any atom is -0.480 e. The summed E-state index contributed by atoms with van der Waals surface area (Å²) in [7, 11) is 3.35. The predicted molar refractivity (Wildman–Crippen MR) is 179 cm³/mol. The fourth-order valence-corrected chi connectivity index (χ4v) is 5.25. The Morgan fingerprint density at radius 3 is 1.90 bits per heavy atom. The molecule has 3 aromatic carbocycles. The van der Waals surface area contributed by atoms with Gasteiger partial charge in [0.2, 0.25) is 11.6 Å². The number of hydrogen-bond donors (Lipinski definition) is 3. The zero-order valence-electron chi connectivity index (χ0n) is 28.2. The quantitative estimate of drug-likeness (QED) is 0.0515. The number of amides is 1. The number of carbonyl (C=O) groups excluding carboxylic acids is 4. The largest absolute Gasteiger partial charge is 0.480 e. The predicted octanol–water partition coefficient (Wildman–Crippen LogP) is 5.88. The average molecular weight is 702 g/mol. The van der Waals surface area contributed by atoms with Crippen LogP contribution in [-0.2, 0) is 27.4 Å². The van der Waals surface area contributed by atoms with E-state index in [2.05, 4.69) is 16.0 Å². The van der Waals surface area contributed by atoms with Crippen LogP contribution >= 0.6 is 0 Å². The summed E-state index contributed by atoms with van der Waals surface area (Å²) < 4.78 is 69.7. The standard InChI is InChI=1S/C37H43F4N3O6/c1-42-18-10-9-16-26(30(47)23-49-36-34(40)32(38)31(33(39)35(36)41)28(45)17-11-19-43-2)21-29(46)27(20-24-12-5-3-6-13-24)44-37(48)50-22-25-14-7-4-8-15-25/h3-8,12-15,26-27,42-43H,9-11,16-23H2,1-2H3,(H,44,48)/t26-,27+/m1/s1. The Labute approximate surface area is 289 Å². The van der Waals surface area contributed by atoms with E-state index in [0.29, 0.717) is 25.9 Å². The number of Topliss-reactive ketones (excluding diaryl/α,β-unsaturated/α-hetero) is 3. The first-order valence-corrected chi connectivity index (χ1v) is 16.4. The second-order valence-corrected chi connectivity index (χ2v) is 11.8. The lowest BCUT2D eigenvalue weighted by Crippen LogP contribution is -2.44. The van der Waals surface area contributed by atoms with E-state index in [4.69, 9.17) is 9.47 Å². The number of unbranched alkanes of at least 4 members (excludes halogenated alkanes) is 1. The number of carbonyl (C=O) groups is 4. The lowest BCUT2D eigenvalue weighted by Gasteiger charge is -2.21. The van der Waals surface area contributed by atoms with Crippen LogP contribution < -0.4 is 20.7 Å². The van der Waals surface area contributed by atoms with Gasteiger partial charge in [-0.3, -0.25) is 14.4 Å². The Hall–Kier alpha value is -4.62. The highest BCUT2D eigenvalue weighted by atomic mass is 19.2. The van der Waals surface area contributed by atoms with E-state index in [1.165, 1.54) is 0 Å². The molecule has 0 radical (unpaired) electrons. The SMILES string of the molecule is CNCCCC[C@H](CC(=O)[C@H](Cc1ccccc1)NC(=O)OCc1ccccc1)C(=O)COc1c(F)c(F)c(C(=O)CCCNC)c(F)c1F. The molecule has 50 heavy (non-hydrogen) atoms. The van der Waals surface area contributed by atoms with Crippen molar-refractivity contribution in [3.05, 3.63) is 101 Å². The van der Waals surface area contributed by atoms with Gasteiger partial charge in [0.25, 0.3) is 0 Å². The van der Waals surface area contributed by atoms with Crippen molar-refractivity contribution in [2.75, 3.05) is 33.8 Å². The molecular formula is C37H43F4N3O6. The molecule has 3 N–H and O–H groups in total. The molecule has 0 unspecified atom stereocenters. The van der Waals surface area contributed by atoms with Crippen molar-refractivity contribution in [1.29, 1.82) is 0 Å². The maximum absolute atomic E-state index is 14.9. The zero-order chi connectivity index (χ0) is 36.5. The second kappa shape index (κ2) is 20.8.